The molecule has 0 saturated carbocycles. The molecule has 1 aromatic rings. The van der Waals surface area contributed by atoms with Gasteiger partial charge >= 0.3 is 0 Å². The fourth-order valence-corrected chi connectivity index (χ4v) is 1.87. The maximum absolute atomic E-state index is 13.4. The van der Waals surface area contributed by atoms with Gasteiger partial charge in [0.15, 0.2) is 0 Å². The minimum atomic E-state index is -0.688. The molecule has 0 fully saturated rings. The Morgan fingerprint density at radius 1 is 1.56 bits per heavy atom. The first-order chi connectivity index (χ1) is 8.54. The summed E-state index contributed by atoms with van der Waals surface area (Å²) in [6, 6.07) is 4.59. The third-order valence-electron chi connectivity index (χ3n) is 2.21. The molecule has 0 aliphatic rings. The summed E-state index contributed by atoms with van der Waals surface area (Å²) in [5, 5.41) is 10.9. The highest BCUT2D eigenvalue weighted by atomic mass is 32.2. The van der Waals surface area contributed by atoms with Crippen LogP contribution in [0.2, 0.25) is 0 Å². The molecule has 0 saturated heterocycles. The summed E-state index contributed by atoms with van der Waals surface area (Å²) in [5.74, 6) is -1.26. The van der Waals surface area contributed by atoms with E-state index < -0.39 is 17.7 Å². The maximum Gasteiger partial charge on any atom is 0.230 e. The number of carbonyl (C=O) groups excluding carboxylic acids is 1. The Labute approximate surface area is 108 Å². The van der Waals surface area contributed by atoms with Gasteiger partial charge in [-0.05, 0) is 13.0 Å². The number of hydrogen-bond acceptors (Lipinski definition) is 3. The van der Waals surface area contributed by atoms with E-state index in [0.717, 1.165) is 12.1 Å². The molecule has 3 nitrogen and oxygen atoms in total. The highest BCUT2D eigenvalue weighted by molar-refractivity contribution is 8.00. The molecule has 1 N–H and O–H groups in total. The summed E-state index contributed by atoms with van der Waals surface area (Å²) < 4.78 is 26.1. The number of halogens is 2. The van der Waals surface area contributed by atoms with Gasteiger partial charge in [0, 0.05) is 11.6 Å². The second-order valence-electron chi connectivity index (χ2n) is 3.61. The van der Waals surface area contributed by atoms with Crippen LogP contribution in [0.25, 0.3) is 0 Å². The van der Waals surface area contributed by atoms with Gasteiger partial charge < -0.3 is 5.32 Å². The van der Waals surface area contributed by atoms with E-state index in [-0.39, 0.29) is 23.0 Å². The van der Waals surface area contributed by atoms with Crippen LogP contribution in [0, 0.1) is 23.0 Å². The van der Waals surface area contributed by atoms with E-state index in [1.54, 1.807) is 6.92 Å². The number of thioether (sulfide) groups is 1. The first-order valence-electron chi connectivity index (χ1n) is 5.23. The number of hydrogen-bond donors (Lipinski definition) is 1. The highest BCUT2D eigenvalue weighted by Gasteiger charge is 2.14. The third kappa shape index (κ3) is 4.34. The number of amides is 1. The maximum atomic E-state index is 13.4. The van der Waals surface area contributed by atoms with Gasteiger partial charge in [0.25, 0.3) is 0 Å². The fraction of sp³-hybridized carbons (Fsp3) is 0.333. The smallest absolute Gasteiger partial charge is 0.230 e. The SMILES string of the molecule is C[C@H](NC(=O)CSCC#N)c1ccc(F)cc1F. The van der Waals surface area contributed by atoms with Crippen molar-refractivity contribution in [1.29, 1.82) is 5.26 Å². The molecule has 1 rings (SSSR count). The van der Waals surface area contributed by atoms with Crippen LogP contribution in [0.1, 0.15) is 18.5 Å². The summed E-state index contributed by atoms with van der Waals surface area (Å²) in [6.07, 6.45) is 0. The van der Waals surface area contributed by atoms with Crippen LogP contribution < -0.4 is 5.32 Å². The van der Waals surface area contributed by atoms with E-state index in [2.05, 4.69) is 5.32 Å². The highest BCUT2D eigenvalue weighted by Crippen LogP contribution is 2.17. The van der Waals surface area contributed by atoms with Crippen molar-refractivity contribution >= 4 is 17.7 Å². The van der Waals surface area contributed by atoms with Crippen LogP contribution in [-0.4, -0.2) is 17.4 Å². The zero-order valence-electron chi connectivity index (χ0n) is 9.74. The second kappa shape index (κ2) is 6.97. The largest absolute Gasteiger partial charge is 0.349 e. The summed E-state index contributed by atoms with van der Waals surface area (Å²) in [7, 11) is 0. The van der Waals surface area contributed by atoms with Crippen LogP contribution in [0.5, 0.6) is 0 Å². The van der Waals surface area contributed by atoms with Gasteiger partial charge in [-0.3, -0.25) is 4.79 Å². The first kappa shape index (κ1) is 14.5. The van der Waals surface area contributed by atoms with E-state index >= 15 is 0 Å². The van der Waals surface area contributed by atoms with Crippen LogP contribution >= 0.6 is 11.8 Å². The minimum Gasteiger partial charge on any atom is -0.349 e. The Kier molecular flexibility index (Phi) is 5.59. The van der Waals surface area contributed by atoms with Crippen molar-refractivity contribution in [3.05, 3.63) is 35.4 Å². The van der Waals surface area contributed by atoms with E-state index in [1.165, 1.54) is 17.8 Å². The third-order valence-corrected chi connectivity index (χ3v) is 3.01. The van der Waals surface area contributed by atoms with E-state index in [0.29, 0.717) is 0 Å². The quantitative estimate of drug-likeness (QED) is 0.836. The Morgan fingerprint density at radius 2 is 2.28 bits per heavy atom. The summed E-state index contributed by atoms with van der Waals surface area (Å²) >= 11 is 1.18. The average Bonchev–Trinajstić information content (AvgIpc) is 2.28. The molecule has 0 heterocycles. The van der Waals surface area contributed by atoms with Crippen molar-refractivity contribution in [3.8, 4) is 6.07 Å². The number of carbonyl (C=O) groups is 1. The number of benzene rings is 1. The molecule has 1 aromatic carbocycles. The Bertz CT molecular complexity index is 474. The Balaban J connectivity index is 2.57. The van der Waals surface area contributed by atoms with Gasteiger partial charge in [-0.25, -0.2) is 8.78 Å². The molecule has 0 aliphatic heterocycles. The van der Waals surface area contributed by atoms with Gasteiger partial charge in [0.05, 0.1) is 23.6 Å². The summed E-state index contributed by atoms with van der Waals surface area (Å²) in [4.78, 5) is 11.4. The lowest BCUT2D eigenvalue weighted by Crippen LogP contribution is -2.28. The summed E-state index contributed by atoms with van der Waals surface area (Å²) in [5.41, 5.74) is 0.232. The van der Waals surface area contributed by atoms with Crippen LogP contribution in [0.3, 0.4) is 0 Å². The monoisotopic (exact) mass is 270 g/mol. The van der Waals surface area contributed by atoms with Gasteiger partial charge in [-0.2, -0.15) is 5.26 Å². The molecule has 1 atom stereocenters. The van der Waals surface area contributed by atoms with Gasteiger partial charge in [0.2, 0.25) is 5.91 Å². The number of nitriles is 1. The molecule has 0 radical (unpaired) electrons. The number of rotatable bonds is 5. The predicted octanol–water partition coefficient (Wildman–Crippen LogP) is 2.40. The van der Waals surface area contributed by atoms with E-state index in [9.17, 15) is 13.6 Å². The Morgan fingerprint density at radius 3 is 2.89 bits per heavy atom. The lowest BCUT2D eigenvalue weighted by molar-refractivity contribution is -0.119. The zero-order valence-corrected chi connectivity index (χ0v) is 10.6. The molecule has 0 bridgehead atoms. The first-order valence-corrected chi connectivity index (χ1v) is 6.39. The summed E-state index contributed by atoms with van der Waals surface area (Å²) in [6.45, 7) is 1.61. The van der Waals surface area contributed by atoms with Gasteiger partial charge in [-0.15, -0.1) is 11.8 Å². The lowest BCUT2D eigenvalue weighted by Gasteiger charge is -2.14. The van der Waals surface area contributed by atoms with Crippen molar-refractivity contribution in [2.75, 3.05) is 11.5 Å². The molecular formula is C12H12F2N2OS. The normalized spacial score (nSPS) is 11.7. The van der Waals surface area contributed by atoms with Crippen LogP contribution in [0.15, 0.2) is 18.2 Å². The van der Waals surface area contributed by atoms with E-state index in [1.807, 2.05) is 6.07 Å². The fourth-order valence-electron chi connectivity index (χ4n) is 1.40. The molecule has 1 amide bonds. The molecule has 0 spiro atoms. The van der Waals surface area contributed by atoms with Gasteiger partial charge in [-0.1, -0.05) is 6.07 Å². The lowest BCUT2D eigenvalue weighted by atomic mass is 10.1. The van der Waals surface area contributed by atoms with Crippen molar-refractivity contribution in [3.63, 3.8) is 0 Å². The van der Waals surface area contributed by atoms with Gasteiger partial charge in [0.1, 0.15) is 11.6 Å². The van der Waals surface area contributed by atoms with Crippen molar-refractivity contribution < 1.29 is 13.6 Å². The molecule has 0 unspecified atom stereocenters. The van der Waals surface area contributed by atoms with Crippen molar-refractivity contribution in [1.82, 2.24) is 5.32 Å². The minimum absolute atomic E-state index is 0.140. The molecule has 0 aromatic heterocycles. The van der Waals surface area contributed by atoms with Crippen molar-refractivity contribution in [2.45, 2.75) is 13.0 Å². The number of nitrogens with zero attached hydrogens (tertiary/aromatic N) is 1. The van der Waals surface area contributed by atoms with Crippen LogP contribution in [-0.2, 0) is 4.79 Å². The predicted molar refractivity (Wildman–Crippen MR) is 65.9 cm³/mol. The average molecular weight is 270 g/mol. The van der Waals surface area contributed by atoms with Crippen molar-refractivity contribution in [2.24, 2.45) is 0 Å². The second-order valence-corrected chi connectivity index (χ2v) is 4.59. The topological polar surface area (TPSA) is 52.9 Å². The Hall–Kier alpha value is -1.61. The molecule has 0 aliphatic carbocycles. The molecule has 6 heteroatoms. The molecular weight excluding hydrogens is 258 g/mol. The number of nitrogens with one attached hydrogen (secondary N) is 1. The van der Waals surface area contributed by atoms with E-state index in [4.69, 9.17) is 5.26 Å². The zero-order chi connectivity index (χ0) is 13.5. The standard InChI is InChI=1S/C12H12F2N2OS/c1-8(16-12(17)7-18-5-4-15)10-3-2-9(13)6-11(10)14/h2-3,6,8H,5,7H2,1H3,(H,16,17)/t8-/m0/s1. The molecule has 96 valence electrons. The van der Waals surface area contributed by atoms with Crippen LogP contribution in [0.4, 0.5) is 8.78 Å². The molecule has 18 heavy (non-hydrogen) atoms.